The van der Waals surface area contributed by atoms with Gasteiger partial charge in [-0.2, -0.15) is 0 Å². The Labute approximate surface area is 140 Å². The summed E-state index contributed by atoms with van der Waals surface area (Å²) in [6.45, 7) is 3.01. The summed E-state index contributed by atoms with van der Waals surface area (Å²) >= 11 is 0. The lowest BCUT2D eigenvalue weighted by molar-refractivity contribution is -0.131. The van der Waals surface area contributed by atoms with E-state index in [4.69, 9.17) is 4.42 Å². The molecule has 2 aromatic rings. The van der Waals surface area contributed by atoms with Crippen molar-refractivity contribution in [2.75, 3.05) is 18.8 Å². The van der Waals surface area contributed by atoms with E-state index >= 15 is 0 Å². The van der Waals surface area contributed by atoms with Crippen LogP contribution in [0.25, 0.3) is 11.1 Å². The molecule has 0 bridgehead atoms. The van der Waals surface area contributed by atoms with Gasteiger partial charge in [0.1, 0.15) is 5.52 Å². The minimum absolute atomic E-state index is 0.0596. The molecule has 1 aromatic heterocycles. The van der Waals surface area contributed by atoms with Crippen molar-refractivity contribution in [3.05, 3.63) is 24.1 Å². The number of nitrogens with zero attached hydrogens (tertiary/aromatic N) is 2. The summed E-state index contributed by atoms with van der Waals surface area (Å²) in [6, 6.07) is 4.80. The molecule has 1 atom stereocenters. The molecule has 1 unspecified atom stereocenters. The smallest absolute Gasteiger partial charge is 0.225 e. The number of benzene rings is 1. The number of likely N-dealkylation sites (tertiary alicyclic amines) is 1. The Morgan fingerprint density at radius 3 is 2.83 bits per heavy atom. The summed E-state index contributed by atoms with van der Waals surface area (Å²) in [5.41, 5.74) is 1.15. The second-order valence-electron chi connectivity index (χ2n) is 6.63. The van der Waals surface area contributed by atoms with Crippen molar-refractivity contribution in [1.82, 2.24) is 9.88 Å². The van der Waals surface area contributed by atoms with Crippen molar-refractivity contribution in [1.29, 1.82) is 0 Å². The largest absolute Gasteiger partial charge is 0.440 e. The third-order valence-corrected chi connectivity index (χ3v) is 6.62. The standard InChI is InChI=1S/C17H20N2O4S/c1-2-24(21,22)13-5-6-15-14(9-13)18-16(23-15)12-7-8-19(10-12)17(20)11-3-4-11/h5-6,9,11-12H,2-4,7-8,10H2,1H3. The fourth-order valence-corrected chi connectivity index (χ4v) is 4.11. The zero-order chi connectivity index (χ0) is 16.9. The lowest BCUT2D eigenvalue weighted by Gasteiger charge is -2.15. The highest BCUT2D eigenvalue weighted by atomic mass is 32.2. The molecular weight excluding hydrogens is 328 g/mol. The van der Waals surface area contributed by atoms with E-state index in [1.165, 1.54) is 0 Å². The Balaban J connectivity index is 1.58. The summed E-state index contributed by atoms with van der Waals surface area (Å²) < 4.78 is 29.8. The Morgan fingerprint density at radius 1 is 1.33 bits per heavy atom. The van der Waals surface area contributed by atoms with Crippen LogP contribution >= 0.6 is 0 Å². The van der Waals surface area contributed by atoms with Crippen LogP contribution in [0.2, 0.25) is 0 Å². The predicted octanol–water partition coefficient (Wildman–Crippen LogP) is 2.35. The predicted molar refractivity (Wildman–Crippen MR) is 88.4 cm³/mol. The van der Waals surface area contributed by atoms with E-state index in [0.717, 1.165) is 25.8 Å². The molecule has 1 aliphatic carbocycles. The van der Waals surface area contributed by atoms with Crippen LogP contribution in [-0.2, 0) is 14.6 Å². The first-order valence-corrected chi connectivity index (χ1v) is 10.0. The second kappa shape index (κ2) is 5.58. The van der Waals surface area contributed by atoms with Crippen molar-refractivity contribution >= 4 is 26.8 Å². The second-order valence-corrected chi connectivity index (χ2v) is 8.91. The minimum atomic E-state index is -3.26. The van der Waals surface area contributed by atoms with Crippen LogP contribution < -0.4 is 0 Å². The van der Waals surface area contributed by atoms with E-state index in [1.54, 1.807) is 25.1 Å². The van der Waals surface area contributed by atoms with Gasteiger partial charge >= 0.3 is 0 Å². The molecule has 1 amide bonds. The van der Waals surface area contributed by atoms with Crippen LogP contribution in [0.15, 0.2) is 27.5 Å². The fourth-order valence-electron chi connectivity index (χ4n) is 3.21. The van der Waals surface area contributed by atoms with E-state index in [-0.39, 0.29) is 28.4 Å². The monoisotopic (exact) mass is 348 g/mol. The average Bonchev–Trinajstić information content (AvgIpc) is 3.15. The molecule has 24 heavy (non-hydrogen) atoms. The molecular formula is C17H20N2O4S. The molecule has 2 heterocycles. The molecule has 1 aliphatic heterocycles. The maximum Gasteiger partial charge on any atom is 0.225 e. The van der Waals surface area contributed by atoms with Gasteiger partial charge in [-0.25, -0.2) is 13.4 Å². The number of aromatic nitrogens is 1. The van der Waals surface area contributed by atoms with Crippen molar-refractivity contribution in [3.8, 4) is 0 Å². The third-order valence-electron chi connectivity index (χ3n) is 4.89. The molecule has 1 saturated carbocycles. The summed E-state index contributed by atoms with van der Waals surface area (Å²) in [5.74, 6) is 1.23. The highest BCUT2D eigenvalue weighted by molar-refractivity contribution is 7.91. The zero-order valence-electron chi connectivity index (χ0n) is 13.6. The van der Waals surface area contributed by atoms with Crippen molar-refractivity contribution in [3.63, 3.8) is 0 Å². The Hall–Kier alpha value is -1.89. The van der Waals surface area contributed by atoms with E-state index in [9.17, 15) is 13.2 Å². The quantitative estimate of drug-likeness (QED) is 0.847. The lowest BCUT2D eigenvalue weighted by atomic mass is 10.1. The van der Waals surface area contributed by atoms with Crippen molar-refractivity contribution in [2.45, 2.75) is 37.0 Å². The number of hydrogen-bond acceptors (Lipinski definition) is 5. The van der Waals surface area contributed by atoms with Gasteiger partial charge in [-0.3, -0.25) is 4.79 Å². The van der Waals surface area contributed by atoms with Crippen LogP contribution in [0.4, 0.5) is 0 Å². The normalized spacial score (nSPS) is 21.5. The first kappa shape index (κ1) is 15.6. The van der Waals surface area contributed by atoms with Crippen LogP contribution in [0, 0.1) is 5.92 Å². The summed E-state index contributed by atoms with van der Waals surface area (Å²) in [6.07, 6.45) is 2.86. The first-order valence-electron chi connectivity index (χ1n) is 8.40. The van der Waals surface area contributed by atoms with E-state index in [2.05, 4.69) is 4.98 Å². The molecule has 2 fully saturated rings. The molecule has 0 N–H and O–H groups in total. The van der Waals surface area contributed by atoms with Crippen LogP contribution in [0.3, 0.4) is 0 Å². The number of oxazole rings is 1. The van der Waals surface area contributed by atoms with Gasteiger partial charge in [0, 0.05) is 19.0 Å². The Bertz CT molecular complexity index is 898. The molecule has 1 saturated heterocycles. The minimum Gasteiger partial charge on any atom is -0.440 e. The summed E-state index contributed by atoms with van der Waals surface area (Å²) in [5, 5.41) is 0. The molecule has 0 radical (unpaired) electrons. The Morgan fingerprint density at radius 2 is 2.12 bits per heavy atom. The topological polar surface area (TPSA) is 80.5 Å². The first-order chi connectivity index (χ1) is 11.5. The third kappa shape index (κ3) is 2.70. The van der Waals surface area contributed by atoms with Gasteiger partial charge in [0.25, 0.3) is 0 Å². The van der Waals surface area contributed by atoms with Gasteiger partial charge in [0.15, 0.2) is 21.3 Å². The molecule has 7 heteroatoms. The molecule has 128 valence electrons. The molecule has 2 aliphatic rings. The highest BCUT2D eigenvalue weighted by Crippen LogP contribution is 2.35. The molecule has 1 aromatic carbocycles. The van der Waals surface area contributed by atoms with Gasteiger partial charge in [0.2, 0.25) is 5.91 Å². The Kier molecular flexibility index (Phi) is 3.63. The number of sulfone groups is 1. The van der Waals surface area contributed by atoms with Crippen LogP contribution in [0.1, 0.15) is 38.0 Å². The van der Waals surface area contributed by atoms with Crippen molar-refractivity contribution in [2.24, 2.45) is 5.92 Å². The van der Waals surface area contributed by atoms with Gasteiger partial charge < -0.3 is 9.32 Å². The van der Waals surface area contributed by atoms with E-state index < -0.39 is 9.84 Å². The lowest BCUT2D eigenvalue weighted by Crippen LogP contribution is -2.29. The van der Waals surface area contributed by atoms with Gasteiger partial charge in [0.05, 0.1) is 16.6 Å². The molecule has 0 spiro atoms. The maximum atomic E-state index is 12.2. The summed E-state index contributed by atoms with van der Waals surface area (Å²) in [4.78, 5) is 18.8. The maximum absolute atomic E-state index is 12.2. The number of carbonyl (C=O) groups is 1. The highest BCUT2D eigenvalue weighted by Gasteiger charge is 2.38. The van der Waals surface area contributed by atoms with Gasteiger partial charge in [-0.15, -0.1) is 0 Å². The fraction of sp³-hybridized carbons (Fsp3) is 0.529. The zero-order valence-corrected chi connectivity index (χ0v) is 14.4. The van der Waals surface area contributed by atoms with Crippen LogP contribution in [0.5, 0.6) is 0 Å². The van der Waals surface area contributed by atoms with Crippen LogP contribution in [-0.4, -0.2) is 43.1 Å². The van der Waals surface area contributed by atoms with Gasteiger partial charge in [-0.05, 0) is 37.5 Å². The van der Waals surface area contributed by atoms with E-state index in [1.807, 2.05) is 4.90 Å². The number of hydrogen-bond donors (Lipinski definition) is 0. The van der Waals surface area contributed by atoms with Gasteiger partial charge in [-0.1, -0.05) is 6.92 Å². The molecule has 6 nitrogen and oxygen atoms in total. The number of amides is 1. The SMILES string of the molecule is CCS(=O)(=O)c1ccc2oc(C3CCN(C(=O)C4CC4)C3)nc2c1. The molecule has 4 rings (SSSR count). The number of carbonyl (C=O) groups excluding carboxylic acids is 1. The van der Waals surface area contributed by atoms with E-state index in [0.29, 0.717) is 23.5 Å². The number of fused-ring (bicyclic) bond motifs is 1. The number of rotatable bonds is 4. The summed E-state index contributed by atoms with van der Waals surface area (Å²) in [7, 11) is -3.26. The average molecular weight is 348 g/mol. The van der Waals surface area contributed by atoms with Crippen molar-refractivity contribution < 1.29 is 17.6 Å².